The summed E-state index contributed by atoms with van der Waals surface area (Å²) in [6.45, 7) is 1.37. The highest BCUT2D eigenvalue weighted by Crippen LogP contribution is 2.29. The van der Waals surface area contributed by atoms with E-state index in [1.165, 1.54) is 50.4 Å². The van der Waals surface area contributed by atoms with Crippen LogP contribution in [0.15, 0.2) is 36.4 Å². The first-order chi connectivity index (χ1) is 12.7. The van der Waals surface area contributed by atoms with E-state index in [4.69, 9.17) is 26.8 Å². The van der Waals surface area contributed by atoms with E-state index in [1.807, 2.05) is 0 Å². The van der Waals surface area contributed by atoms with Gasteiger partial charge in [0.25, 0.3) is 11.6 Å². The summed E-state index contributed by atoms with van der Waals surface area (Å²) in [6.07, 6.45) is -1.16. The van der Waals surface area contributed by atoms with Gasteiger partial charge in [0, 0.05) is 16.8 Å². The normalized spacial score (nSPS) is 11.4. The van der Waals surface area contributed by atoms with Gasteiger partial charge in [0.05, 0.1) is 29.4 Å². The van der Waals surface area contributed by atoms with Crippen LogP contribution < -0.4 is 15.8 Å². The van der Waals surface area contributed by atoms with Gasteiger partial charge < -0.3 is 20.5 Å². The SMILES string of the molecule is COc1cc([N+](=O)[O-])ccc1NC(=O)[C@@H](C)OC(=O)c1ccc(Cl)cc1N. The second-order valence-corrected chi connectivity index (χ2v) is 5.85. The van der Waals surface area contributed by atoms with Gasteiger partial charge >= 0.3 is 5.97 Å². The molecule has 1 atom stereocenters. The number of hydrogen-bond acceptors (Lipinski definition) is 7. The standard InChI is InChI=1S/C17H16ClN3O6/c1-9(27-17(23)12-5-3-10(18)7-13(12)19)16(22)20-14-6-4-11(21(24)25)8-15(14)26-2/h3-9H,19H2,1-2H3,(H,20,22)/t9-/m1/s1. The number of methoxy groups -OCH3 is 1. The highest BCUT2D eigenvalue weighted by atomic mass is 35.5. The van der Waals surface area contributed by atoms with Crippen molar-refractivity contribution in [2.24, 2.45) is 0 Å². The van der Waals surface area contributed by atoms with E-state index in [0.717, 1.165) is 0 Å². The highest BCUT2D eigenvalue weighted by Gasteiger charge is 2.22. The molecule has 0 saturated carbocycles. The fourth-order valence-corrected chi connectivity index (χ4v) is 2.31. The third-order valence-electron chi connectivity index (χ3n) is 3.54. The number of nitrogens with one attached hydrogen (secondary N) is 1. The van der Waals surface area contributed by atoms with Gasteiger partial charge in [-0.25, -0.2) is 4.79 Å². The minimum Gasteiger partial charge on any atom is -0.494 e. The van der Waals surface area contributed by atoms with E-state index < -0.39 is 22.9 Å². The Balaban J connectivity index is 2.09. The number of nitrogens with two attached hydrogens (primary N) is 1. The first-order valence-corrected chi connectivity index (χ1v) is 8.00. The summed E-state index contributed by atoms with van der Waals surface area (Å²) in [6, 6.07) is 7.96. The molecule has 1 amide bonds. The van der Waals surface area contributed by atoms with Crippen LogP contribution in [0.2, 0.25) is 5.02 Å². The molecule has 0 spiro atoms. The van der Waals surface area contributed by atoms with Gasteiger partial charge in [0.2, 0.25) is 0 Å². The smallest absolute Gasteiger partial charge is 0.341 e. The second-order valence-electron chi connectivity index (χ2n) is 5.41. The molecule has 0 fully saturated rings. The summed E-state index contributed by atoms with van der Waals surface area (Å²) in [5.41, 5.74) is 5.92. The number of anilines is 2. The van der Waals surface area contributed by atoms with Crippen molar-refractivity contribution < 1.29 is 24.0 Å². The van der Waals surface area contributed by atoms with Crippen LogP contribution in [0.3, 0.4) is 0 Å². The molecule has 0 aromatic heterocycles. The predicted molar refractivity (Wildman–Crippen MR) is 99.0 cm³/mol. The Bertz CT molecular complexity index is 902. The molecule has 0 aliphatic carbocycles. The number of amides is 1. The minimum atomic E-state index is -1.16. The van der Waals surface area contributed by atoms with Crippen LogP contribution >= 0.6 is 11.6 Å². The van der Waals surface area contributed by atoms with Crippen LogP contribution in [-0.2, 0) is 9.53 Å². The largest absolute Gasteiger partial charge is 0.494 e. The topological polar surface area (TPSA) is 134 Å². The summed E-state index contributed by atoms with van der Waals surface area (Å²) >= 11 is 5.78. The number of nitrogen functional groups attached to an aromatic ring is 1. The molecular formula is C17H16ClN3O6. The molecular weight excluding hydrogens is 378 g/mol. The van der Waals surface area contributed by atoms with Crippen LogP contribution in [0.25, 0.3) is 0 Å². The summed E-state index contributed by atoms with van der Waals surface area (Å²) in [5.74, 6) is -1.34. The lowest BCUT2D eigenvalue weighted by molar-refractivity contribution is -0.384. The Labute approximate surface area is 159 Å². The summed E-state index contributed by atoms with van der Waals surface area (Å²) < 4.78 is 10.1. The Hall–Kier alpha value is -3.33. The van der Waals surface area contributed by atoms with E-state index in [9.17, 15) is 19.7 Å². The number of nitro groups is 1. The summed E-state index contributed by atoms with van der Waals surface area (Å²) in [5, 5.41) is 13.7. The van der Waals surface area contributed by atoms with E-state index in [0.29, 0.717) is 5.02 Å². The maximum absolute atomic E-state index is 12.3. The Morgan fingerprint density at radius 3 is 2.56 bits per heavy atom. The number of rotatable bonds is 6. The van der Waals surface area contributed by atoms with Crippen LogP contribution in [0, 0.1) is 10.1 Å². The molecule has 0 saturated heterocycles. The summed E-state index contributed by atoms with van der Waals surface area (Å²) in [7, 11) is 1.31. The molecule has 9 nitrogen and oxygen atoms in total. The third-order valence-corrected chi connectivity index (χ3v) is 3.78. The first kappa shape index (κ1) is 20.0. The lowest BCUT2D eigenvalue weighted by Crippen LogP contribution is -2.30. The molecule has 0 heterocycles. The number of hydrogen-bond donors (Lipinski definition) is 2. The van der Waals surface area contributed by atoms with Gasteiger partial charge in [-0.2, -0.15) is 0 Å². The van der Waals surface area contributed by atoms with Crippen LogP contribution in [-0.4, -0.2) is 30.0 Å². The van der Waals surface area contributed by atoms with Crippen LogP contribution in [0.1, 0.15) is 17.3 Å². The average molecular weight is 394 g/mol. The quantitative estimate of drug-likeness (QED) is 0.333. The lowest BCUT2D eigenvalue weighted by atomic mass is 10.2. The molecule has 0 radical (unpaired) electrons. The highest BCUT2D eigenvalue weighted by molar-refractivity contribution is 6.31. The minimum absolute atomic E-state index is 0.0759. The number of ether oxygens (including phenoxy) is 2. The van der Waals surface area contributed by atoms with Crippen LogP contribution in [0.5, 0.6) is 5.75 Å². The zero-order chi connectivity index (χ0) is 20.1. The molecule has 142 valence electrons. The second kappa shape index (κ2) is 8.37. The van der Waals surface area contributed by atoms with Crippen molar-refractivity contribution in [2.45, 2.75) is 13.0 Å². The van der Waals surface area contributed by atoms with Crippen molar-refractivity contribution in [3.05, 3.63) is 57.1 Å². The molecule has 3 N–H and O–H groups in total. The third kappa shape index (κ3) is 4.85. The lowest BCUT2D eigenvalue weighted by Gasteiger charge is -2.15. The van der Waals surface area contributed by atoms with Gasteiger partial charge in [-0.15, -0.1) is 0 Å². The van der Waals surface area contributed by atoms with Gasteiger partial charge in [0.1, 0.15) is 5.75 Å². The number of halogens is 1. The number of benzene rings is 2. The molecule has 0 aliphatic rings. The summed E-state index contributed by atoms with van der Waals surface area (Å²) in [4.78, 5) is 34.7. The van der Waals surface area contributed by atoms with Crippen molar-refractivity contribution in [2.75, 3.05) is 18.2 Å². The van der Waals surface area contributed by atoms with Crippen LogP contribution in [0.4, 0.5) is 17.1 Å². The Morgan fingerprint density at radius 2 is 1.96 bits per heavy atom. The maximum Gasteiger partial charge on any atom is 0.341 e. The molecule has 0 bridgehead atoms. The van der Waals surface area contributed by atoms with Gasteiger partial charge in [-0.1, -0.05) is 11.6 Å². The zero-order valence-corrected chi connectivity index (χ0v) is 15.1. The predicted octanol–water partition coefficient (Wildman–Crippen LogP) is 3.02. The first-order valence-electron chi connectivity index (χ1n) is 7.62. The number of carbonyl (C=O) groups is 2. The maximum atomic E-state index is 12.3. The monoisotopic (exact) mass is 393 g/mol. The van der Waals surface area contributed by atoms with Gasteiger partial charge in [0.15, 0.2) is 6.10 Å². The van der Waals surface area contributed by atoms with Crippen molar-refractivity contribution in [1.29, 1.82) is 0 Å². The van der Waals surface area contributed by atoms with Crippen molar-refractivity contribution in [1.82, 2.24) is 0 Å². The molecule has 0 unspecified atom stereocenters. The number of nitro benzene ring substituents is 1. The molecule has 2 aromatic rings. The fourth-order valence-electron chi connectivity index (χ4n) is 2.13. The Morgan fingerprint density at radius 1 is 1.26 bits per heavy atom. The number of carbonyl (C=O) groups excluding carboxylic acids is 2. The number of esters is 1. The van der Waals surface area contributed by atoms with E-state index in [1.54, 1.807) is 0 Å². The number of non-ortho nitro benzene ring substituents is 1. The van der Waals surface area contributed by atoms with Gasteiger partial charge in [-0.05, 0) is 31.2 Å². The number of nitrogens with zero attached hydrogens (tertiary/aromatic N) is 1. The molecule has 2 rings (SSSR count). The Kier molecular flexibility index (Phi) is 6.19. The van der Waals surface area contributed by atoms with Gasteiger partial charge in [-0.3, -0.25) is 14.9 Å². The van der Waals surface area contributed by atoms with E-state index in [-0.39, 0.29) is 28.4 Å². The molecule has 27 heavy (non-hydrogen) atoms. The average Bonchev–Trinajstić information content (AvgIpc) is 2.61. The van der Waals surface area contributed by atoms with E-state index in [2.05, 4.69) is 5.32 Å². The zero-order valence-electron chi connectivity index (χ0n) is 14.4. The molecule has 0 aliphatic heterocycles. The van der Waals surface area contributed by atoms with Crippen molar-refractivity contribution in [3.8, 4) is 5.75 Å². The van der Waals surface area contributed by atoms with E-state index >= 15 is 0 Å². The fraction of sp³-hybridized carbons (Fsp3) is 0.176. The van der Waals surface area contributed by atoms with Crippen molar-refractivity contribution in [3.63, 3.8) is 0 Å². The molecule has 2 aromatic carbocycles. The van der Waals surface area contributed by atoms with Crippen molar-refractivity contribution >= 4 is 40.5 Å². The molecule has 10 heteroatoms.